The summed E-state index contributed by atoms with van der Waals surface area (Å²) in [6.45, 7) is 5.98. The second-order valence-corrected chi connectivity index (χ2v) is 9.22. The summed E-state index contributed by atoms with van der Waals surface area (Å²) in [6.07, 6.45) is 4.72. The van der Waals surface area contributed by atoms with Crippen molar-refractivity contribution in [1.82, 2.24) is 0 Å². The summed E-state index contributed by atoms with van der Waals surface area (Å²) in [6, 6.07) is 0. The monoisotopic (exact) mass is 332 g/mol. The van der Waals surface area contributed by atoms with Gasteiger partial charge in [-0.3, -0.25) is 9.59 Å². The summed E-state index contributed by atoms with van der Waals surface area (Å²) >= 11 is 0. The van der Waals surface area contributed by atoms with Gasteiger partial charge in [0.15, 0.2) is 0 Å². The molecule has 24 heavy (non-hydrogen) atoms. The highest BCUT2D eigenvalue weighted by molar-refractivity contribution is 5.84. The molecular weight excluding hydrogens is 308 g/mol. The number of carbonyl (C=O) groups is 2. The van der Waals surface area contributed by atoms with Crippen LogP contribution in [-0.2, 0) is 14.3 Å². The number of hydrogen-bond acceptors (Lipinski definition) is 4. The standard InChI is InChI=1S/C19H24O5/c1-10-8-17-9-18(10,23)7-4-11(17)19-6-3-5-16(2,15(22)24-19)13(19)12(17)14(20)21/h11-13,23H,1,3-9H2,2H3,(H,20,21). The van der Waals surface area contributed by atoms with Gasteiger partial charge in [-0.15, -0.1) is 0 Å². The topological polar surface area (TPSA) is 83.8 Å². The maximum Gasteiger partial charge on any atom is 0.312 e. The fraction of sp³-hybridized carbons (Fsp3) is 0.789. The molecule has 0 aromatic carbocycles. The van der Waals surface area contributed by atoms with Crippen molar-refractivity contribution < 1.29 is 24.5 Å². The number of esters is 1. The lowest BCUT2D eigenvalue weighted by molar-refractivity contribution is -0.162. The largest absolute Gasteiger partial charge is 0.481 e. The van der Waals surface area contributed by atoms with Crippen LogP contribution in [-0.4, -0.2) is 33.4 Å². The van der Waals surface area contributed by atoms with E-state index in [2.05, 4.69) is 6.58 Å². The minimum absolute atomic E-state index is 0.0294. The SMILES string of the molecule is C=C1CC23CC1(O)CCC2C12CCCC(C)(C(=O)O1)C2C3C(=O)O. The van der Waals surface area contributed by atoms with Crippen LogP contribution in [0.3, 0.4) is 0 Å². The van der Waals surface area contributed by atoms with E-state index in [4.69, 9.17) is 4.74 Å². The molecule has 5 heteroatoms. The predicted octanol–water partition coefficient (Wildman–Crippen LogP) is 2.28. The quantitative estimate of drug-likeness (QED) is 0.568. The summed E-state index contributed by atoms with van der Waals surface area (Å²) < 4.78 is 6.05. The van der Waals surface area contributed by atoms with Crippen LogP contribution in [0.5, 0.6) is 0 Å². The average Bonchev–Trinajstić information content (AvgIpc) is 2.88. The van der Waals surface area contributed by atoms with Crippen molar-refractivity contribution in [3.05, 3.63) is 12.2 Å². The van der Waals surface area contributed by atoms with Gasteiger partial charge in [0.2, 0.25) is 0 Å². The number of hydrogen-bond donors (Lipinski definition) is 2. The Hall–Kier alpha value is -1.36. The van der Waals surface area contributed by atoms with Crippen molar-refractivity contribution in [1.29, 1.82) is 0 Å². The highest BCUT2D eigenvalue weighted by Crippen LogP contribution is 2.78. The first-order valence-corrected chi connectivity index (χ1v) is 9.07. The fourth-order valence-corrected chi connectivity index (χ4v) is 7.69. The van der Waals surface area contributed by atoms with Crippen molar-refractivity contribution in [2.75, 3.05) is 0 Å². The van der Waals surface area contributed by atoms with Crippen LogP contribution in [0.2, 0.25) is 0 Å². The summed E-state index contributed by atoms with van der Waals surface area (Å²) in [5, 5.41) is 21.1. The Kier molecular flexibility index (Phi) is 2.43. The summed E-state index contributed by atoms with van der Waals surface area (Å²) in [5.74, 6) is -1.92. The number of ether oxygens (including phenoxy) is 1. The highest BCUT2D eigenvalue weighted by atomic mass is 16.6. The first-order valence-electron chi connectivity index (χ1n) is 9.07. The third-order valence-corrected chi connectivity index (χ3v) is 8.40. The van der Waals surface area contributed by atoms with E-state index in [9.17, 15) is 19.8 Å². The summed E-state index contributed by atoms with van der Waals surface area (Å²) in [4.78, 5) is 25.1. The average molecular weight is 332 g/mol. The molecule has 0 aromatic rings. The molecule has 1 spiro atoms. The highest BCUT2D eigenvalue weighted by Gasteiger charge is 2.82. The number of aliphatic hydroxyl groups is 1. The van der Waals surface area contributed by atoms with Gasteiger partial charge < -0.3 is 14.9 Å². The molecule has 4 saturated carbocycles. The first-order chi connectivity index (χ1) is 11.2. The van der Waals surface area contributed by atoms with Crippen LogP contribution in [0.15, 0.2) is 12.2 Å². The zero-order chi connectivity index (χ0) is 17.1. The Balaban J connectivity index is 1.75. The van der Waals surface area contributed by atoms with E-state index >= 15 is 0 Å². The first kappa shape index (κ1) is 14.9. The predicted molar refractivity (Wildman–Crippen MR) is 83.9 cm³/mol. The summed E-state index contributed by atoms with van der Waals surface area (Å²) in [7, 11) is 0. The minimum Gasteiger partial charge on any atom is -0.481 e. The normalized spacial score (nSPS) is 57.5. The van der Waals surface area contributed by atoms with Crippen LogP contribution in [0.25, 0.3) is 0 Å². The van der Waals surface area contributed by atoms with Crippen LogP contribution < -0.4 is 0 Å². The van der Waals surface area contributed by atoms with Crippen molar-refractivity contribution in [2.24, 2.45) is 28.6 Å². The molecule has 5 rings (SSSR count). The van der Waals surface area contributed by atoms with Crippen molar-refractivity contribution in [3.63, 3.8) is 0 Å². The van der Waals surface area contributed by atoms with Crippen molar-refractivity contribution >= 4 is 11.9 Å². The molecule has 0 amide bonds. The number of rotatable bonds is 1. The number of carbonyl (C=O) groups excluding carboxylic acids is 1. The molecule has 1 aliphatic heterocycles. The van der Waals surface area contributed by atoms with Crippen LogP contribution in [0, 0.1) is 28.6 Å². The number of aliphatic carboxylic acids is 1. The van der Waals surface area contributed by atoms with Gasteiger partial charge in [-0.05, 0) is 62.9 Å². The molecule has 1 heterocycles. The molecule has 1 saturated heterocycles. The van der Waals surface area contributed by atoms with Crippen LogP contribution in [0.1, 0.15) is 51.9 Å². The maximum atomic E-state index is 12.7. The number of carboxylic acid groups (broad SMARTS) is 1. The number of carboxylic acids is 1. The molecule has 7 atom stereocenters. The van der Waals surface area contributed by atoms with E-state index in [0.717, 1.165) is 24.8 Å². The molecule has 4 bridgehead atoms. The van der Waals surface area contributed by atoms with Gasteiger partial charge in [-0.1, -0.05) is 6.58 Å². The Morgan fingerprint density at radius 2 is 2.08 bits per heavy atom. The third-order valence-electron chi connectivity index (χ3n) is 8.40. The molecule has 0 aromatic heterocycles. The van der Waals surface area contributed by atoms with E-state index in [1.807, 2.05) is 6.92 Å². The van der Waals surface area contributed by atoms with Crippen molar-refractivity contribution in [3.8, 4) is 0 Å². The van der Waals surface area contributed by atoms with Gasteiger partial charge in [0.1, 0.15) is 5.60 Å². The molecule has 2 N–H and O–H groups in total. The molecule has 5 aliphatic rings. The molecule has 4 aliphatic carbocycles. The third kappa shape index (κ3) is 1.29. The van der Waals surface area contributed by atoms with Gasteiger partial charge in [0, 0.05) is 11.8 Å². The number of fused-ring (bicyclic) bond motifs is 1. The maximum absolute atomic E-state index is 12.7. The van der Waals surface area contributed by atoms with Gasteiger partial charge in [-0.2, -0.15) is 0 Å². The molecular formula is C19H24O5. The van der Waals surface area contributed by atoms with Crippen LogP contribution >= 0.6 is 0 Å². The van der Waals surface area contributed by atoms with Gasteiger partial charge >= 0.3 is 11.9 Å². The second kappa shape index (κ2) is 3.90. The minimum atomic E-state index is -0.932. The fourth-order valence-electron chi connectivity index (χ4n) is 7.69. The van der Waals surface area contributed by atoms with Gasteiger partial charge in [-0.25, -0.2) is 0 Å². The Bertz CT molecular complexity index is 700. The Morgan fingerprint density at radius 1 is 1.33 bits per heavy atom. The van der Waals surface area contributed by atoms with Gasteiger partial charge in [0.05, 0.1) is 16.9 Å². The Morgan fingerprint density at radius 3 is 2.79 bits per heavy atom. The molecule has 5 nitrogen and oxygen atoms in total. The lowest BCUT2D eigenvalue weighted by atomic mass is 9.60. The molecule has 0 radical (unpaired) electrons. The molecule has 7 unspecified atom stereocenters. The Labute approximate surface area is 141 Å². The van der Waals surface area contributed by atoms with E-state index in [-0.39, 0.29) is 17.8 Å². The summed E-state index contributed by atoms with van der Waals surface area (Å²) in [5.41, 5.74) is -2.00. The smallest absolute Gasteiger partial charge is 0.312 e. The van der Waals surface area contributed by atoms with E-state index < -0.39 is 33.9 Å². The zero-order valence-electron chi connectivity index (χ0n) is 14.0. The second-order valence-electron chi connectivity index (χ2n) is 9.22. The molecule has 130 valence electrons. The van der Waals surface area contributed by atoms with E-state index in [0.29, 0.717) is 25.7 Å². The van der Waals surface area contributed by atoms with Crippen LogP contribution in [0.4, 0.5) is 0 Å². The van der Waals surface area contributed by atoms with E-state index in [1.54, 1.807) is 0 Å². The van der Waals surface area contributed by atoms with Crippen molar-refractivity contribution in [2.45, 2.75) is 63.1 Å². The lowest BCUT2D eigenvalue weighted by Gasteiger charge is -2.45. The molecule has 5 fully saturated rings. The van der Waals surface area contributed by atoms with Gasteiger partial charge in [0.25, 0.3) is 0 Å². The lowest BCUT2D eigenvalue weighted by Crippen LogP contribution is -2.48. The van der Waals surface area contributed by atoms with E-state index in [1.165, 1.54) is 0 Å². The zero-order valence-corrected chi connectivity index (χ0v) is 14.0.